The monoisotopic (exact) mass is 350 g/mol. The van der Waals surface area contributed by atoms with Crippen LogP contribution in [0.25, 0.3) is 0 Å². The van der Waals surface area contributed by atoms with Crippen LogP contribution in [0.1, 0.15) is 12.0 Å². The van der Waals surface area contributed by atoms with E-state index in [4.69, 9.17) is 0 Å². The van der Waals surface area contributed by atoms with Gasteiger partial charge in [0.05, 0.1) is 0 Å². The molecule has 1 aromatic carbocycles. The lowest BCUT2D eigenvalue weighted by molar-refractivity contribution is -0.160. The van der Waals surface area contributed by atoms with Crippen molar-refractivity contribution in [1.29, 1.82) is 0 Å². The highest BCUT2D eigenvalue weighted by Gasteiger charge is 2.58. The normalized spacial score (nSPS) is 34.0. The molecule has 0 aromatic heterocycles. The number of rotatable bonds is 4. The summed E-state index contributed by atoms with van der Waals surface area (Å²) in [5, 5.41) is 9.21. The van der Waals surface area contributed by atoms with Crippen molar-refractivity contribution in [2.24, 2.45) is 23.7 Å². The first kappa shape index (κ1) is 16.9. The van der Waals surface area contributed by atoms with Gasteiger partial charge in [-0.1, -0.05) is 30.3 Å². The molecule has 25 heavy (non-hydrogen) atoms. The molecule has 2 aliphatic heterocycles. The van der Waals surface area contributed by atoms with Gasteiger partial charge in [0.2, 0.25) is 5.91 Å². The summed E-state index contributed by atoms with van der Waals surface area (Å²) in [7, 11) is 0. The van der Waals surface area contributed by atoms with Crippen molar-refractivity contribution in [1.82, 2.24) is 9.80 Å². The van der Waals surface area contributed by atoms with Crippen molar-refractivity contribution < 1.29 is 18.7 Å². The van der Waals surface area contributed by atoms with Gasteiger partial charge in [-0.25, -0.2) is 8.78 Å². The molecule has 4 atom stereocenters. The van der Waals surface area contributed by atoms with E-state index in [1.807, 2.05) is 35.2 Å². The molecule has 0 spiro atoms. The largest absolute Gasteiger partial charge is 0.396 e. The minimum absolute atomic E-state index is 0.107. The van der Waals surface area contributed by atoms with Gasteiger partial charge >= 0.3 is 0 Å². The molecule has 1 aromatic rings. The van der Waals surface area contributed by atoms with Crippen LogP contribution in [0.4, 0.5) is 8.78 Å². The molecule has 1 saturated carbocycles. The van der Waals surface area contributed by atoms with Gasteiger partial charge in [-0.3, -0.25) is 9.69 Å². The highest BCUT2D eigenvalue weighted by atomic mass is 19.3. The van der Waals surface area contributed by atoms with Crippen molar-refractivity contribution in [3.8, 4) is 0 Å². The molecule has 3 fully saturated rings. The quantitative estimate of drug-likeness (QED) is 0.901. The van der Waals surface area contributed by atoms with Crippen LogP contribution in [0.5, 0.6) is 0 Å². The Morgan fingerprint density at radius 3 is 2.48 bits per heavy atom. The molecule has 136 valence electrons. The maximum atomic E-state index is 14.4. The average molecular weight is 350 g/mol. The van der Waals surface area contributed by atoms with E-state index < -0.39 is 17.7 Å². The van der Waals surface area contributed by atoms with Crippen LogP contribution in [-0.2, 0) is 11.3 Å². The third kappa shape index (κ3) is 3.17. The van der Waals surface area contributed by atoms with E-state index in [0.717, 1.165) is 5.56 Å². The van der Waals surface area contributed by atoms with E-state index in [2.05, 4.69) is 0 Å². The molecule has 0 bridgehead atoms. The van der Waals surface area contributed by atoms with E-state index >= 15 is 0 Å². The number of nitrogens with zero attached hydrogens (tertiary/aromatic N) is 2. The second-order valence-corrected chi connectivity index (χ2v) is 7.70. The highest BCUT2D eigenvalue weighted by molar-refractivity contribution is 5.81. The fraction of sp³-hybridized carbons (Fsp3) is 0.632. The summed E-state index contributed by atoms with van der Waals surface area (Å²) in [6.45, 7) is 2.21. The Bertz CT molecular complexity index is 628. The first-order valence-electron chi connectivity index (χ1n) is 9.03. The Hall–Kier alpha value is -1.53. The molecule has 0 radical (unpaired) electrons. The van der Waals surface area contributed by atoms with Crippen LogP contribution in [0.3, 0.4) is 0 Å². The number of benzene rings is 1. The zero-order chi connectivity index (χ0) is 17.6. The Balaban J connectivity index is 1.41. The summed E-state index contributed by atoms with van der Waals surface area (Å²) in [5.74, 6) is -3.71. The topological polar surface area (TPSA) is 43.8 Å². The number of hydrogen-bond donors (Lipinski definition) is 1. The summed E-state index contributed by atoms with van der Waals surface area (Å²) in [6, 6.07) is 9.76. The minimum Gasteiger partial charge on any atom is -0.396 e. The van der Waals surface area contributed by atoms with Crippen molar-refractivity contribution in [3.63, 3.8) is 0 Å². The van der Waals surface area contributed by atoms with Gasteiger partial charge in [-0.05, 0) is 23.3 Å². The standard InChI is InChI=1S/C19H24F2N2O2/c20-19(21)6-7-22(8-13-4-2-1-3-5-13)11-17(19)18(25)23-9-14-15(10-23)16(14)12-24/h1-5,14-17,24H,6-12H2/t14-,15+,16?,17?. The van der Waals surface area contributed by atoms with Gasteiger partial charge in [0, 0.05) is 45.8 Å². The predicted octanol–water partition coefficient (Wildman–Crippen LogP) is 1.84. The van der Waals surface area contributed by atoms with Crippen molar-refractivity contribution in [2.45, 2.75) is 18.9 Å². The van der Waals surface area contributed by atoms with E-state index in [0.29, 0.717) is 38.0 Å². The molecule has 3 aliphatic rings. The second kappa shape index (κ2) is 6.32. The Morgan fingerprint density at radius 2 is 1.84 bits per heavy atom. The molecule has 1 aliphatic carbocycles. The first-order chi connectivity index (χ1) is 12.0. The molecule has 2 saturated heterocycles. The van der Waals surface area contributed by atoms with Gasteiger partial charge in [-0.15, -0.1) is 0 Å². The number of carbonyl (C=O) groups is 1. The van der Waals surface area contributed by atoms with E-state index in [-0.39, 0.29) is 25.5 Å². The fourth-order valence-corrected chi connectivity index (χ4v) is 4.53. The molecular weight excluding hydrogens is 326 g/mol. The smallest absolute Gasteiger partial charge is 0.262 e. The SMILES string of the molecule is O=C(C1CN(Cc2ccccc2)CCC1(F)F)N1C[C@@H]2C(CO)[C@@H]2C1. The fourth-order valence-electron chi connectivity index (χ4n) is 4.53. The summed E-state index contributed by atoms with van der Waals surface area (Å²) >= 11 is 0. The average Bonchev–Trinajstić information content (AvgIpc) is 3.07. The maximum Gasteiger partial charge on any atom is 0.262 e. The number of piperidine rings is 2. The number of aliphatic hydroxyl groups is 1. The van der Waals surface area contributed by atoms with Crippen LogP contribution in [0, 0.1) is 23.7 Å². The predicted molar refractivity (Wildman–Crippen MR) is 88.9 cm³/mol. The maximum absolute atomic E-state index is 14.4. The van der Waals surface area contributed by atoms with Crippen molar-refractivity contribution in [3.05, 3.63) is 35.9 Å². The molecule has 1 amide bonds. The minimum atomic E-state index is -2.94. The van der Waals surface area contributed by atoms with Crippen LogP contribution >= 0.6 is 0 Å². The number of hydrogen-bond acceptors (Lipinski definition) is 3. The Labute approximate surface area is 146 Å². The highest BCUT2D eigenvalue weighted by Crippen LogP contribution is 2.52. The molecule has 2 heterocycles. The van der Waals surface area contributed by atoms with E-state index in [1.54, 1.807) is 4.90 Å². The Morgan fingerprint density at radius 1 is 1.16 bits per heavy atom. The Kier molecular flexibility index (Phi) is 4.28. The number of amides is 1. The van der Waals surface area contributed by atoms with Gasteiger partial charge in [0.25, 0.3) is 5.92 Å². The van der Waals surface area contributed by atoms with Gasteiger partial charge in [-0.2, -0.15) is 0 Å². The third-order valence-electron chi connectivity index (χ3n) is 6.15. The number of alkyl halides is 2. The van der Waals surface area contributed by atoms with Gasteiger partial charge in [0.15, 0.2) is 0 Å². The van der Waals surface area contributed by atoms with E-state index in [9.17, 15) is 18.7 Å². The van der Waals surface area contributed by atoms with E-state index in [1.165, 1.54) is 0 Å². The lowest BCUT2D eigenvalue weighted by Crippen LogP contribution is -2.54. The summed E-state index contributed by atoms with van der Waals surface area (Å²) in [6.07, 6.45) is -0.268. The molecule has 4 nitrogen and oxygen atoms in total. The van der Waals surface area contributed by atoms with Crippen molar-refractivity contribution in [2.75, 3.05) is 32.8 Å². The number of fused-ring (bicyclic) bond motifs is 1. The zero-order valence-electron chi connectivity index (χ0n) is 14.2. The van der Waals surface area contributed by atoms with Gasteiger partial charge in [0.1, 0.15) is 5.92 Å². The first-order valence-corrected chi connectivity index (χ1v) is 9.03. The number of likely N-dealkylation sites (tertiary alicyclic amines) is 2. The summed E-state index contributed by atoms with van der Waals surface area (Å²) in [4.78, 5) is 16.3. The number of halogens is 2. The lowest BCUT2D eigenvalue weighted by atomic mass is 9.91. The molecular formula is C19H24F2N2O2. The van der Waals surface area contributed by atoms with Crippen LogP contribution in [0.15, 0.2) is 30.3 Å². The van der Waals surface area contributed by atoms with Crippen LogP contribution in [-0.4, -0.2) is 59.5 Å². The van der Waals surface area contributed by atoms with Crippen LogP contribution < -0.4 is 0 Å². The van der Waals surface area contributed by atoms with Crippen LogP contribution in [0.2, 0.25) is 0 Å². The summed E-state index contributed by atoms with van der Waals surface area (Å²) in [5.41, 5.74) is 1.08. The molecule has 1 N–H and O–H groups in total. The molecule has 6 heteroatoms. The molecule has 4 rings (SSSR count). The number of carbonyl (C=O) groups excluding carboxylic acids is 1. The van der Waals surface area contributed by atoms with Crippen molar-refractivity contribution >= 4 is 5.91 Å². The zero-order valence-corrected chi connectivity index (χ0v) is 14.2. The second-order valence-electron chi connectivity index (χ2n) is 7.70. The third-order valence-corrected chi connectivity index (χ3v) is 6.15. The number of aliphatic hydroxyl groups excluding tert-OH is 1. The molecule has 2 unspecified atom stereocenters. The lowest BCUT2D eigenvalue weighted by Gasteiger charge is -2.39. The summed E-state index contributed by atoms with van der Waals surface area (Å²) < 4.78 is 28.8. The van der Waals surface area contributed by atoms with Gasteiger partial charge < -0.3 is 10.0 Å².